The van der Waals surface area contributed by atoms with Gasteiger partial charge in [0.15, 0.2) is 0 Å². The molecular formula is C15H25BrN2S. The standard InChI is InChI=1S/C15H25BrN2S/c1-3-12-5-4-7-18(8-6-12)15(11(2)17)14-9-13(16)10-19-14/h9-12,15H,3-8,17H2,1-2H3. The fourth-order valence-corrected chi connectivity index (χ4v) is 4.82. The third-order valence-electron chi connectivity index (χ3n) is 4.23. The molecule has 19 heavy (non-hydrogen) atoms. The van der Waals surface area contributed by atoms with Gasteiger partial charge in [0.2, 0.25) is 0 Å². The minimum absolute atomic E-state index is 0.184. The SMILES string of the molecule is CCC1CCCN(C(c2cc(Br)cs2)C(C)N)CC1. The average molecular weight is 345 g/mol. The summed E-state index contributed by atoms with van der Waals surface area (Å²) in [6.45, 7) is 6.85. The normalized spacial score (nSPS) is 24.9. The van der Waals surface area contributed by atoms with E-state index in [1.807, 2.05) is 11.3 Å². The number of nitrogens with two attached hydrogens (primary N) is 1. The molecule has 0 amide bonds. The van der Waals surface area contributed by atoms with Crippen LogP contribution in [0.15, 0.2) is 15.9 Å². The summed E-state index contributed by atoms with van der Waals surface area (Å²) in [6, 6.07) is 2.80. The fraction of sp³-hybridized carbons (Fsp3) is 0.733. The maximum absolute atomic E-state index is 6.28. The van der Waals surface area contributed by atoms with E-state index in [1.165, 1.54) is 48.1 Å². The van der Waals surface area contributed by atoms with Crippen molar-refractivity contribution in [3.05, 3.63) is 20.8 Å². The number of rotatable bonds is 4. The summed E-state index contributed by atoms with van der Waals surface area (Å²) in [5, 5.41) is 2.16. The topological polar surface area (TPSA) is 29.3 Å². The van der Waals surface area contributed by atoms with Crippen molar-refractivity contribution < 1.29 is 0 Å². The summed E-state index contributed by atoms with van der Waals surface area (Å²) in [5.74, 6) is 0.911. The first-order valence-electron chi connectivity index (χ1n) is 7.35. The lowest BCUT2D eigenvalue weighted by atomic mass is 9.98. The molecule has 2 N–H and O–H groups in total. The van der Waals surface area contributed by atoms with E-state index < -0.39 is 0 Å². The van der Waals surface area contributed by atoms with Crippen LogP contribution in [0.4, 0.5) is 0 Å². The minimum Gasteiger partial charge on any atom is -0.326 e. The highest BCUT2D eigenvalue weighted by atomic mass is 79.9. The number of hydrogen-bond donors (Lipinski definition) is 1. The van der Waals surface area contributed by atoms with Gasteiger partial charge in [0.05, 0.1) is 6.04 Å². The van der Waals surface area contributed by atoms with Crippen LogP contribution in [0.1, 0.15) is 50.4 Å². The molecule has 3 unspecified atom stereocenters. The zero-order chi connectivity index (χ0) is 13.8. The lowest BCUT2D eigenvalue weighted by Gasteiger charge is -2.32. The molecule has 2 nitrogen and oxygen atoms in total. The molecule has 108 valence electrons. The molecule has 1 aromatic heterocycles. The molecule has 0 aromatic carbocycles. The first kappa shape index (κ1) is 15.5. The molecule has 1 fully saturated rings. The van der Waals surface area contributed by atoms with Crippen LogP contribution >= 0.6 is 27.3 Å². The van der Waals surface area contributed by atoms with E-state index in [0.29, 0.717) is 6.04 Å². The Labute approximate surface area is 129 Å². The minimum atomic E-state index is 0.184. The molecule has 1 saturated heterocycles. The molecule has 0 spiro atoms. The third kappa shape index (κ3) is 4.03. The van der Waals surface area contributed by atoms with Crippen LogP contribution in [0.2, 0.25) is 0 Å². The summed E-state index contributed by atoms with van der Waals surface area (Å²) in [4.78, 5) is 4.01. The van der Waals surface area contributed by atoms with E-state index in [4.69, 9.17) is 5.73 Å². The molecule has 0 saturated carbocycles. The van der Waals surface area contributed by atoms with Crippen LogP contribution in [-0.2, 0) is 0 Å². The van der Waals surface area contributed by atoms with Gasteiger partial charge in [0, 0.05) is 20.8 Å². The highest BCUT2D eigenvalue weighted by Gasteiger charge is 2.27. The van der Waals surface area contributed by atoms with Crippen molar-refractivity contribution >= 4 is 27.3 Å². The number of nitrogens with zero attached hydrogens (tertiary/aromatic N) is 1. The molecule has 1 aliphatic heterocycles. The van der Waals surface area contributed by atoms with Gasteiger partial charge in [0.25, 0.3) is 0 Å². The first-order valence-corrected chi connectivity index (χ1v) is 9.02. The molecule has 4 heteroatoms. The second-order valence-electron chi connectivity index (χ2n) is 5.71. The van der Waals surface area contributed by atoms with Crippen molar-refractivity contribution in [2.24, 2.45) is 11.7 Å². The van der Waals surface area contributed by atoms with Gasteiger partial charge in [0.1, 0.15) is 0 Å². The van der Waals surface area contributed by atoms with Gasteiger partial charge in [-0.1, -0.05) is 13.3 Å². The van der Waals surface area contributed by atoms with Crippen LogP contribution < -0.4 is 5.73 Å². The second-order valence-corrected chi connectivity index (χ2v) is 7.57. The maximum Gasteiger partial charge on any atom is 0.0591 e. The Hall–Kier alpha value is 0.1000. The second kappa shape index (κ2) is 7.21. The summed E-state index contributed by atoms with van der Waals surface area (Å²) in [5.41, 5.74) is 6.28. The molecule has 0 bridgehead atoms. The van der Waals surface area contributed by atoms with Crippen molar-refractivity contribution in [2.45, 2.75) is 51.6 Å². The van der Waals surface area contributed by atoms with E-state index in [9.17, 15) is 0 Å². The zero-order valence-electron chi connectivity index (χ0n) is 11.9. The van der Waals surface area contributed by atoms with Gasteiger partial charge >= 0.3 is 0 Å². The molecule has 0 radical (unpaired) electrons. The van der Waals surface area contributed by atoms with Crippen molar-refractivity contribution in [3.8, 4) is 0 Å². The first-order chi connectivity index (χ1) is 9.11. The Morgan fingerprint density at radius 1 is 1.47 bits per heavy atom. The molecule has 1 aromatic rings. The van der Waals surface area contributed by atoms with E-state index in [1.54, 1.807) is 0 Å². The Balaban J connectivity index is 2.11. The summed E-state index contributed by atoms with van der Waals surface area (Å²) in [7, 11) is 0. The van der Waals surface area contributed by atoms with Crippen molar-refractivity contribution in [3.63, 3.8) is 0 Å². The molecule has 1 aliphatic rings. The van der Waals surface area contributed by atoms with Crippen LogP contribution in [0.5, 0.6) is 0 Å². The molecule has 0 aliphatic carbocycles. The zero-order valence-corrected chi connectivity index (χ0v) is 14.3. The van der Waals surface area contributed by atoms with Gasteiger partial charge in [-0.3, -0.25) is 4.90 Å². The Kier molecular flexibility index (Phi) is 5.87. The summed E-state index contributed by atoms with van der Waals surface area (Å²) < 4.78 is 1.18. The lowest BCUT2D eigenvalue weighted by Crippen LogP contribution is -2.39. The van der Waals surface area contributed by atoms with Crippen molar-refractivity contribution in [1.29, 1.82) is 0 Å². The molecule has 3 atom stereocenters. The number of likely N-dealkylation sites (tertiary alicyclic amines) is 1. The predicted octanol–water partition coefficient (Wildman–Crippen LogP) is 4.41. The van der Waals surface area contributed by atoms with Crippen LogP contribution in [-0.4, -0.2) is 24.0 Å². The van der Waals surface area contributed by atoms with Crippen LogP contribution in [0, 0.1) is 5.92 Å². The Morgan fingerprint density at radius 3 is 2.84 bits per heavy atom. The molecular weight excluding hydrogens is 320 g/mol. The van der Waals surface area contributed by atoms with Gasteiger partial charge in [-0.05, 0) is 67.2 Å². The van der Waals surface area contributed by atoms with Gasteiger partial charge < -0.3 is 5.73 Å². The van der Waals surface area contributed by atoms with E-state index in [-0.39, 0.29) is 6.04 Å². The maximum atomic E-state index is 6.28. The average Bonchev–Trinajstić information content (AvgIpc) is 2.65. The number of hydrogen-bond acceptors (Lipinski definition) is 3. The fourth-order valence-electron chi connectivity index (χ4n) is 3.13. The predicted molar refractivity (Wildman–Crippen MR) is 87.6 cm³/mol. The third-order valence-corrected chi connectivity index (χ3v) is 5.99. The van der Waals surface area contributed by atoms with Gasteiger partial charge in [-0.25, -0.2) is 0 Å². The van der Waals surface area contributed by atoms with E-state index in [2.05, 4.69) is 46.1 Å². The van der Waals surface area contributed by atoms with Gasteiger partial charge in [-0.2, -0.15) is 0 Å². The monoisotopic (exact) mass is 344 g/mol. The van der Waals surface area contributed by atoms with E-state index >= 15 is 0 Å². The molecule has 2 heterocycles. The van der Waals surface area contributed by atoms with E-state index in [0.717, 1.165) is 5.92 Å². The highest BCUT2D eigenvalue weighted by Crippen LogP contribution is 2.33. The highest BCUT2D eigenvalue weighted by molar-refractivity contribution is 9.10. The summed E-state index contributed by atoms with van der Waals surface area (Å²) in [6.07, 6.45) is 5.34. The lowest BCUT2D eigenvalue weighted by molar-refractivity contribution is 0.183. The molecule has 2 rings (SSSR count). The largest absolute Gasteiger partial charge is 0.326 e. The number of thiophene rings is 1. The quantitative estimate of drug-likeness (QED) is 0.876. The smallest absolute Gasteiger partial charge is 0.0591 e. The Bertz CT molecular complexity index is 391. The summed E-state index contributed by atoms with van der Waals surface area (Å²) >= 11 is 5.39. The van der Waals surface area contributed by atoms with Crippen LogP contribution in [0.3, 0.4) is 0 Å². The number of halogens is 1. The Morgan fingerprint density at radius 2 is 2.26 bits per heavy atom. The van der Waals surface area contributed by atoms with Crippen LogP contribution in [0.25, 0.3) is 0 Å². The van der Waals surface area contributed by atoms with Crippen molar-refractivity contribution in [1.82, 2.24) is 4.90 Å². The van der Waals surface area contributed by atoms with Crippen molar-refractivity contribution in [2.75, 3.05) is 13.1 Å². The van der Waals surface area contributed by atoms with Gasteiger partial charge in [-0.15, -0.1) is 11.3 Å².